The fourth-order valence-electron chi connectivity index (χ4n) is 2.99. The van der Waals surface area contributed by atoms with Crippen LogP contribution in [0.15, 0.2) is 69.9 Å². The Morgan fingerprint density at radius 2 is 1.66 bits per heavy atom. The zero-order chi connectivity index (χ0) is 20.5. The fraction of sp³-hybridized carbons (Fsp3) is 0.0870. The molecule has 1 heterocycles. The van der Waals surface area contributed by atoms with E-state index in [1.807, 2.05) is 25.1 Å². The Hall–Kier alpha value is -2.46. The smallest absolute Gasteiger partial charge is 0.235 e. The summed E-state index contributed by atoms with van der Waals surface area (Å²) in [6.45, 7) is 1.97. The molecule has 1 aromatic heterocycles. The van der Waals surface area contributed by atoms with Gasteiger partial charge in [-0.2, -0.15) is 0 Å². The molecule has 0 spiro atoms. The lowest BCUT2D eigenvalue weighted by Gasteiger charge is -2.13. The Morgan fingerprint density at radius 1 is 0.931 bits per heavy atom. The van der Waals surface area contributed by atoms with Crippen LogP contribution in [0.3, 0.4) is 0 Å². The topological polar surface area (TPSA) is 39.4 Å². The minimum absolute atomic E-state index is 0.0969. The van der Waals surface area contributed by atoms with Gasteiger partial charge in [0, 0.05) is 26.2 Å². The molecule has 0 N–H and O–H groups in total. The molecule has 29 heavy (non-hydrogen) atoms. The Morgan fingerprint density at radius 3 is 2.38 bits per heavy atom. The first-order valence-electron chi connectivity index (χ1n) is 8.83. The van der Waals surface area contributed by atoms with Gasteiger partial charge in [-0.3, -0.25) is 4.79 Å². The third kappa shape index (κ3) is 3.99. The molecule has 0 atom stereocenters. The Labute approximate surface area is 182 Å². The number of halogens is 3. The molecule has 6 heteroatoms. The van der Waals surface area contributed by atoms with Crippen LogP contribution in [0.2, 0.25) is 15.1 Å². The third-order valence-electron chi connectivity index (χ3n) is 4.57. The van der Waals surface area contributed by atoms with E-state index >= 15 is 0 Å². The van der Waals surface area contributed by atoms with Gasteiger partial charge in [0.2, 0.25) is 11.2 Å². The van der Waals surface area contributed by atoms with E-state index in [9.17, 15) is 4.79 Å². The molecule has 0 saturated carbocycles. The highest BCUT2D eigenvalue weighted by molar-refractivity contribution is 6.32. The summed E-state index contributed by atoms with van der Waals surface area (Å²) in [5.74, 6) is 0.424. The van der Waals surface area contributed by atoms with Crippen molar-refractivity contribution in [3.8, 4) is 17.1 Å². The van der Waals surface area contributed by atoms with Crippen molar-refractivity contribution in [3.05, 3.63) is 97.1 Å². The predicted molar refractivity (Wildman–Crippen MR) is 118 cm³/mol. The second-order valence-electron chi connectivity index (χ2n) is 6.57. The average molecular weight is 446 g/mol. The SMILES string of the molecule is Cc1cc2oc(-c3ccc(Cl)cc3)c(OCc3ccccc3Cl)c(=O)c2cc1Cl. The second-order valence-corrected chi connectivity index (χ2v) is 7.82. The van der Waals surface area contributed by atoms with Gasteiger partial charge in [0.05, 0.1) is 5.39 Å². The molecule has 0 aliphatic carbocycles. The zero-order valence-electron chi connectivity index (χ0n) is 15.3. The molecule has 3 aromatic carbocycles. The largest absolute Gasteiger partial charge is 0.481 e. The van der Waals surface area contributed by atoms with E-state index in [0.29, 0.717) is 37.4 Å². The summed E-state index contributed by atoms with van der Waals surface area (Å²) >= 11 is 18.5. The number of rotatable bonds is 4. The Balaban J connectivity index is 1.89. The molecule has 0 bridgehead atoms. The number of fused-ring (bicyclic) bond motifs is 1. The summed E-state index contributed by atoms with van der Waals surface area (Å²) in [7, 11) is 0. The van der Waals surface area contributed by atoms with Gasteiger partial charge < -0.3 is 9.15 Å². The monoisotopic (exact) mass is 444 g/mol. The van der Waals surface area contributed by atoms with Crippen molar-refractivity contribution in [2.24, 2.45) is 0 Å². The normalized spacial score (nSPS) is 11.0. The molecule has 0 fully saturated rings. The maximum Gasteiger partial charge on any atom is 0.235 e. The second kappa shape index (κ2) is 8.11. The molecular formula is C23H15Cl3O3. The van der Waals surface area contributed by atoms with Gasteiger partial charge in [-0.25, -0.2) is 0 Å². The molecule has 4 aromatic rings. The molecule has 0 aliphatic heterocycles. The van der Waals surface area contributed by atoms with Crippen LogP contribution in [0.5, 0.6) is 5.75 Å². The van der Waals surface area contributed by atoms with Gasteiger partial charge in [0.15, 0.2) is 5.76 Å². The van der Waals surface area contributed by atoms with Crippen molar-refractivity contribution in [2.45, 2.75) is 13.5 Å². The van der Waals surface area contributed by atoms with E-state index in [-0.39, 0.29) is 17.8 Å². The van der Waals surface area contributed by atoms with E-state index in [0.717, 1.165) is 11.1 Å². The lowest BCUT2D eigenvalue weighted by molar-refractivity contribution is 0.298. The summed E-state index contributed by atoms with van der Waals surface area (Å²) < 4.78 is 12.0. The van der Waals surface area contributed by atoms with E-state index in [1.54, 1.807) is 42.5 Å². The van der Waals surface area contributed by atoms with Crippen molar-refractivity contribution < 1.29 is 9.15 Å². The number of aryl methyl sites for hydroxylation is 1. The van der Waals surface area contributed by atoms with E-state index in [4.69, 9.17) is 44.0 Å². The van der Waals surface area contributed by atoms with Crippen LogP contribution in [0.25, 0.3) is 22.3 Å². The van der Waals surface area contributed by atoms with Crippen molar-refractivity contribution in [2.75, 3.05) is 0 Å². The van der Waals surface area contributed by atoms with Crippen LogP contribution in [-0.2, 0) is 6.61 Å². The molecular weight excluding hydrogens is 431 g/mol. The van der Waals surface area contributed by atoms with Crippen LogP contribution in [0.1, 0.15) is 11.1 Å². The minimum Gasteiger partial charge on any atom is -0.481 e. The van der Waals surface area contributed by atoms with E-state index in [2.05, 4.69) is 0 Å². The van der Waals surface area contributed by atoms with Gasteiger partial charge in [0.25, 0.3) is 0 Å². The van der Waals surface area contributed by atoms with Gasteiger partial charge >= 0.3 is 0 Å². The van der Waals surface area contributed by atoms with Crippen molar-refractivity contribution in [3.63, 3.8) is 0 Å². The maximum absolute atomic E-state index is 13.3. The first kappa shape index (κ1) is 19.8. The van der Waals surface area contributed by atoms with Gasteiger partial charge in [-0.15, -0.1) is 0 Å². The van der Waals surface area contributed by atoms with Crippen LogP contribution < -0.4 is 10.2 Å². The molecule has 0 aliphatic rings. The predicted octanol–water partition coefficient (Wildman–Crippen LogP) is 7.31. The van der Waals surface area contributed by atoms with Gasteiger partial charge in [-0.05, 0) is 55.0 Å². The summed E-state index contributed by atoms with van der Waals surface area (Å²) in [6.07, 6.45) is 0. The van der Waals surface area contributed by atoms with Crippen LogP contribution >= 0.6 is 34.8 Å². The molecule has 146 valence electrons. The van der Waals surface area contributed by atoms with Crippen molar-refractivity contribution in [1.29, 1.82) is 0 Å². The first-order chi connectivity index (χ1) is 13.9. The highest BCUT2D eigenvalue weighted by atomic mass is 35.5. The average Bonchev–Trinajstić information content (AvgIpc) is 2.70. The van der Waals surface area contributed by atoms with Gasteiger partial charge in [0.1, 0.15) is 12.2 Å². The quantitative estimate of drug-likeness (QED) is 0.330. The Kier molecular flexibility index (Phi) is 5.55. The fourth-order valence-corrected chi connectivity index (χ4v) is 3.47. The summed E-state index contributed by atoms with van der Waals surface area (Å²) in [5.41, 5.74) is 2.39. The lowest BCUT2D eigenvalue weighted by atomic mass is 10.1. The van der Waals surface area contributed by atoms with Crippen molar-refractivity contribution >= 4 is 45.8 Å². The van der Waals surface area contributed by atoms with E-state index in [1.165, 1.54) is 0 Å². The first-order valence-corrected chi connectivity index (χ1v) is 9.96. The highest BCUT2D eigenvalue weighted by Gasteiger charge is 2.19. The zero-order valence-corrected chi connectivity index (χ0v) is 17.6. The van der Waals surface area contributed by atoms with Crippen molar-refractivity contribution in [1.82, 2.24) is 0 Å². The van der Waals surface area contributed by atoms with Crippen LogP contribution in [-0.4, -0.2) is 0 Å². The summed E-state index contributed by atoms with van der Waals surface area (Å²) in [4.78, 5) is 13.3. The van der Waals surface area contributed by atoms with Gasteiger partial charge in [-0.1, -0.05) is 53.0 Å². The van der Waals surface area contributed by atoms with Crippen LogP contribution in [0, 0.1) is 6.92 Å². The molecule has 3 nitrogen and oxygen atoms in total. The number of hydrogen-bond acceptors (Lipinski definition) is 3. The summed E-state index contributed by atoms with van der Waals surface area (Å²) in [6, 6.07) is 17.7. The van der Waals surface area contributed by atoms with E-state index < -0.39 is 0 Å². The number of benzene rings is 3. The maximum atomic E-state index is 13.3. The van der Waals surface area contributed by atoms with Crippen LogP contribution in [0.4, 0.5) is 0 Å². The third-order valence-corrected chi connectivity index (χ3v) is 5.59. The standard InChI is InChI=1S/C23H15Cl3O3/c1-13-10-20-17(11-19(13)26)21(27)23(28-12-15-4-2-3-5-18(15)25)22(29-20)14-6-8-16(24)9-7-14/h2-11H,12H2,1H3. The number of hydrogen-bond donors (Lipinski definition) is 0. The molecule has 0 radical (unpaired) electrons. The molecule has 0 amide bonds. The summed E-state index contributed by atoms with van der Waals surface area (Å²) in [5, 5.41) is 1.98. The lowest BCUT2D eigenvalue weighted by Crippen LogP contribution is -2.10. The minimum atomic E-state index is -0.301. The molecule has 0 unspecified atom stereocenters. The molecule has 0 saturated heterocycles. The Bertz CT molecular complexity index is 1260. The number of ether oxygens (including phenoxy) is 1. The highest BCUT2D eigenvalue weighted by Crippen LogP contribution is 2.34. The molecule has 4 rings (SSSR count).